The Morgan fingerprint density at radius 2 is 2.10 bits per heavy atom. The molecule has 0 aliphatic rings. The zero-order valence-electron chi connectivity index (χ0n) is 10.0. The zero-order chi connectivity index (χ0) is 14.7. The third kappa shape index (κ3) is 2.86. The molecule has 0 atom stereocenters. The lowest BCUT2D eigenvalue weighted by Gasteiger charge is -2.06. The molecule has 3 N–H and O–H groups in total. The van der Waals surface area contributed by atoms with Crippen molar-refractivity contribution in [1.82, 2.24) is 4.98 Å². The first kappa shape index (κ1) is 13.4. The second-order valence-electron chi connectivity index (χ2n) is 3.85. The highest BCUT2D eigenvalue weighted by Crippen LogP contribution is 2.21. The third-order valence-corrected chi connectivity index (χ3v) is 2.43. The number of rotatable bonds is 3. The van der Waals surface area contributed by atoms with Crippen molar-refractivity contribution in [3.8, 4) is 0 Å². The van der Waals surface area contributed by atoms with E-state index in [1.165, 1.54) is 18.3 Å². The molecule has 0 aliphatic carbocycles. The smallest absolute Gasteiger partial charge is 0.274 e. The molecule has 0 saturated heterocycles. The Morgan fingerprint density at radius 3 is 2.70 bits per heavy atom. The average molecular weight is 276 g/mol. The van der Waals surface area contributed by atoms with Crippen LogP contribution in [0.3, 0.4) is 0 Å². The number of carbonyl (C=O) groups excluding carboxylic acids is 1. The lowest BCUT2D eigenvalue weighted by atomic mass is 10.2. The van der Waals surface area contributed by atoms with Crippen molar-refractivity contribution < 1.29 is 14.1 Å². The maximum atomic E-state index is 13.5. The van der Waals surface area contributed by atoms with Gasteiger partial charge in [-0.05, 0) is 18.2 Å². The van der Waals surface area contributed by atoms with E-state index in [1.807, 2.05) is 0 Å². The van der Waals surface area contributed by atoms with Gasteiger partial charge in [0, 0.05) is 12.1 Å². The number of nitro benzene ring substituents is 1. The molecule has 8 heteroatoms. The number of nitrogens with zero attached hydrogens (tertiary/aromatic N) is 2. The molecular formula is C12H9FN4O3. The monoisotopic (exact) mass is 276 g/mol. The van der Waals surface area contributed by atoms with Crippen molar-refractivity contribution in [2.24, 2.45) is 0 Å². The van der Waals surface area contributed by atoms with Crippen molar-refractivity contribution in [2.75, 3.05) is 11.1 Å². The largest absolute Gasteiger partial charge is 0.397 e. The van der Waals surface area contributed by atoms with Gasteiger partial charge in [0.1, 0.15) is 11.5 Å². The van der Waals surface area contributed by atoms with Gasteiger partial charge in [-0.25, -0.2) is 9.37 Å². The molecular weight excluding hydrogens is 267 g/mol. The van der Waals surface area contributed by atoms with Crippen LogP contribution in [0.5, 0.6) is 0 Å². The molecule has 1 amide bonds. The number of pyridine rings is 1. The highest BCUT2D eigenvalue weighted by molar-refractivity contribution is 6.03. The second-order valence-corrected chi connectivity index (χ2v) is 3.85. The van der Waals surface area contributed by atoms with Gasteiger partial charge in [0.05, 0.1) is 22.5 Å². The summed E-state index contributed by atoms with van der Waals surface area (Å²) in [6, 6.07) is 5.67. The van der Waals surface area contributed by atoms with Crippen LogP contribution in [-0.4, -0.2) is 15.8 Å². The standard InChI is InChI=1S/C12H9FN4O3/c13-9-3-2-8(17(19)20)5-11(9)16-12(18)10-4-1-7(14)6-15-10/h1-6H,14H2,(H,16,18). The fraction of sp³-hybridized carbons (Fsp3) is 0. The van der Waals surface area contributed by atoms with E-state index in [0.29, 0.717) is 5.69 Å². The van der Waals surface area contributed by atoms with Gasteiger partial charge in [0.25, 0.3) is 11.6 Å². The molecule has 0 saturated carbocycles. The minimum absolute atomic E-state index is 0.0186. The van der Waals surface area contributed by atoms with E-state index in [0.717, 1.165) is 18.2 Å². The zero-order valence-corrected chi connectivity index (χ0v) is 10.0. The highest BCUT2D eigenvalue weighted by atomic mass is 19.1. The molecule has 1 aromatic carbocycles. The van der Waals surface area contributed by atoms with E-state index < -0.39 is 16.6 Å². The maximum absolute atomic E-state index is 13.5. The Bertz CT molecular complexity index is 673. The first-order chi connectivity index (χ1) is 9.47. The van der Waals surface area contributed by atoms with Crippen LogP contribution in [0.25, 0.3) is 0 Å². The summed E-state index contributed by atoms with van der Waals surface area (Å²) < 4.78 is 13.5. The number of nitrogen functional groups attached to an aromatic ring is 1. The van der Waals surface area contributed by atoms with Gasteiger partial charge in [0.15, 0.2) is 0 Å². The summed E-state index contributed by atoms with van der Waals surface area (Å²) in [5.41, 5.74) is 5.21. The van der Waals surface area contributed by atoms with Crippen LogP contribution in [0.2, 0.25) is 0 Å². The first-order valence-electron chi connectivity index (χ1n) is 5.44. The Hall–Kier alpha value is -3.03. The number of hydrogen-bond donors (Lipinski definition) is 2. The van der Waals surface area contributed by atoms with Crippen LogP contribution in [-0.2, 0) is 0 Å². The Kier molecular flexibility index (Phi) is 3.56. The average Bonchev–Trinajstić information content (AvgIpc) is 2.41. The maximum Gasteiger partial charge on any atom is 0.274 e. The summed E-state index contributed by atoms with van der Waals surface area (Å²) in [7, 11) is 0. The van der Waals surface area contributed by atoms with E-state index in [4.69, 9.17) is 5.73 Å². The van der Waals surface area contributed by atoms with Crippen molar-refractivity contribution in [1.29, 1.82) is 0 Å². The number of amides is 1. The fourth-order valence-corrected chi connectivity index (χ4v) is 1.45. The minimum Gasteiger partial charge on any atom is -0.397 e. The second kappa shape index (κ2) is 5.31. The van der Waals surface area contributed by atoms with Gasteiger partial charge in [0.2, 0.25) is 0 Å². The van der Waals surface area contributed by atoms with E-state index in [-0.39, 0.29) is 17.1 Å². The Labute approximate surface area is 112 Å². The van der Waals surface area contributed by atoms with Crippen molar-refractivity contribution in [3.05, 3.63) is 58.2 Å². The van der Waals surface area contributed by atoms with Crippen LogP contribution in [0.4, 0.5) is 21.5 Å². The van der Waals surface area contributed by atoms with Crippen molar-refractivity contribution in [2.45, 2.75) is 0 Å². The van der Waals surface area contributed by atoms with Crippen molar-refractivity contribution in [3.63, 3.8) is 0 Å². The summed E-state index contributed by atoms with van der Waals surface area (Å²) in [5.74, 6) is -1.47. The van der Waals surface area contributed by atoms with Gasteiger partial charge in [-0.2, -0.15) is 0 Å². The van der Waals surface area contributed by atoms with Crippen LogP contribution >= 0.6 is 0 Å². The lowest BCUT2D eigenvalue weighted by Crippen LogP contribution is -2.14. The SMILES string of the molecule is Nc1ccc(C(=O)Nc2cc([N+](=O)[O-])ccc2F)nc1. The highest BCUT2D eigenvalue weighted by Gasteiger charge is 2.14. The van der Waals surface area contributed by atoms with Crippen LogP contribution in [0.1, 0.15) is 10.5 Å². The van der Waals surface area contributed by atoms with Gasteiger partial charge >= 0.3 is 0 Å². The number of hydrogen-bond acceptors (Lipinski definition) is 5. The normalized spacial score (nSPS) is 10.1. The minimum atomic E-state index is -0.778. The molecule has 2 rings (SSSR count). The molecule has 0 unspecified atom stereocenters. The molecule has 102 valence electrons. The van der Waals surface area contributed by atoms with Gasteiger partial charge in [-0.3, -0.25) is 14.9 Å². The summed E-state index contributed by atoms with van der Waals surface area (Å²) >= 11 is 0. The van der Waals surface area contributed by atoms with Gasteiger partial charge in [-0.15, -0.1) is 0 Å². The molecule has 20 heavy (non-hydrogen) atoms. The molecule has 1 heterocycles. The summed E-state index contributed by atoms with van der Waals surface area (Å²) in [4.78, 5) is 25.5. The summed E-state index contributed by atoms with van der Waals surface area (Å²) in [5, 5.41) is 12.8. The van der Waals surface area contributed by atoms with E-state index in [1.54, 1.807) is 0 Å². The number of halogens is 1. The number of nitro groups is 1. The molecule has 0 aliphatic heterocycles. The lowest BCUT2D eigenvalue weighted by molar-refractivity contribution is -0.384. The first-order valence-corrected chi connectivity index (χ1v) is 5.44. The van der Waals surface area contributed by atoms with Crippen LogP contribution < -0.4 is 11.1 Å². The molecule has 1 aromatic heterocycles. The fourth-order valence-electron chi connectivity index (χ4n) is 1.45. The van der Waals surface area contributed by atoms with E-state index in [9.17, 15) is 19.3 Å². The van der Waals surface area contributed by atoms with Gasteiger partial charge in [-0.1, -0.05) is 0 Å². The number of aromatic nitrogens is 1. The number of nitrogens with two attached hydrogens (primary N) is 1. The van der Waals surface area contributed by atoms with Crippen LogP contribution in [0, 0.1) is 15.9 Å². The molecule has 0 spiro atoms. The Morgan fingerprint density at radius 1 is 1.35 bits per heavy atom. The molecule has 0 bridgehead atoms. The van der Waals surface area contributed by atoms with Gasteiger partial charge < -0.3 is 11.1 Å². The quantitative estimate of drug-likeness (QED) is 0.657. The predicted octanol–water partition coefficient (Wildman–Crippen LogP) is 1.96. The number of anilines is 2. The third-order valence-electron chi connectivity index (χ3n) is 2.43. The Balaban J connectivity index is 2.25. The van der Waals surface area contributed by atoms with E-state index in [2.05, 4.69) is 10.3 Å². The van der Waals surface area contributed by atoms with E-state index >= 15 is 0 Å². The number of nitrogens with one attached hydrogen (secondary N) is 1. The van der Waals surface area contributed by atoms with Crippen molar-refractivity contribution >= 4 is 23.0 Å². The predicted molar refractivity (Wildman–Crippen MR) is 69.7 cm³/mol. The number of non-ortho nitro benzene ring substituents is 1. The number of benzene rings is 1. The number of carbonyl (C=O) groups is 1. The molecule has 0 radical (unpaired) electrons. The summed E-state index contributed by atoms with van der Waals surface area (Å²) in [6.07, 6.45) is 1.28. The molecule has 2 aromatic rings. The summed E-state index contributed by atoms with van der Waals surface area (Å²) in [6.45, 7) is 0. The topological polar surface area (TPSA) is 111 Å². The molecule has 7 nitrogen and oxygen atoms in total. The molecule has 0 fully saturated rings. The van der Waals surface area contributed by atoms with Crippen LogP contribution in [0.15, 0.2) is 36.5 Å².